The lowest BCUT2D eigenvalue weighted by atomic mass is 9.66. The Labute approximate surface area is 122 Å². The molecule has 122 valence electrons. The first-order chi connectivity index (χ1) is 9.71. The first-order valence-electron chi connectivity index (χ1n) is 7.17. The third kappa shape index (κ3) is 3.98. The quantitative estimate of drug-likeness (QED) is 0.598. The van der Waals surface area contributed by atoms with Gasteiger partial charge in [-0.2, -0.15) is 17.2 Å². The zero-order valence-corrected chi connectivity index (χ0v) is 12.4. The summed E-state index contributed by atoms with van der Waals surface area (Å²) < 4.78 is 59.7. The maximum absolute atomic E-state index is 12.9. The number of carbonyl (C=O) groups is 1. The van der Waals surface area contributed by atoms with Crippen LogP contribution in [0, 0.1) is 17.8 Å². The Morgan fingerprint density at radius 2 is 2.00 bits per heavy atom. The summed E-state index contributed by atoms with van der Waals surface area (Å²) in [5.41, 5.74) is 0. The Morgan fingerprint density at radius 1 is 1.29 bits per heavy atom. The topological polar surface area (TPSA) is 80.7 Å². The molecule has 2 fully saturated rings. The number of fused-ring (bicyclic) bond motifs is 2. The molecular weight excluding hydrogens is 306 g/mol. The molecule has 2 bridgehead atoms. The van der Waals surface area contributed by atoms with Crippen LogP contribution < -0.4 is 0 Å². The van der Waals surface area contributed by atoms with E-state index in [0.717, 1.165) is 32.1 Å². The van der Waals surface area contributed by atoms with Crippen molar-refractivity contribution in [1.29, 1.82) is 0 Å². The van der Waals surface area contributed by atoms with Crippen LogP contribution in [0.15, 0.2) is 0 Å². The van der Waals surface area contributed by atoms with E-state index < -0.39 is 22.0 Å². The monoisotopic (exact) mass is 326 g/mol. The number of Topliss-reactive ketones (excluding diaryl/α,β-unsaturated/α-hetero) is 1. The summed E-state index contributed by atoms with van der Waals surface area (Å²) in [6.45, 7) is -1.50. The number of ether oxygens (including phenoxy) is 1. The number of ketones is 1. The molecule has 3 atom stereocenters. The number of halogens is 2. The highest BCUT2D eigenvalue weighted by atomic mass is 32.2. The standard InChI is InChI=1S/C13H20F2O5S/c14-13(15,21(17,18)19)8-20-5-4-11-7-9-2-1-3-10(6-9)12(11)16/h9-11H,1-8H2,(H,17,18,19). The van der Waals surface area contributed by atoms with E-state index in [2.05, 4.69) is 4.74 Å². The molecule has 2 rings (SSSR count). The molecule has 8 heteroatoms. The minimum absolute atomic E-state index is 0.0989. The SMILES string of the molecule is O=C1C2CCCC(C2)CC1CCOCC(F)(F)S(=O)(=O)O. The van der Waals surface area contributed by atoms with Crippen molar-refractivity contribution in [2.75, 3.05) is 13.2 Å². The average Bonchev–Trinajstić information content (AvgIpc) is 2.39. The van der Waals surface area contributed by atoms with Crippen LogP contribution in [0.4, 0.5) is 8.78 Å². The van der Waals surface area contributed by atoms with Crippen molar-refractivity contribution in [2.45, 2.75) is 43.8 Å². The van der Waals surface area contributed by atoms with Gasteiger partial charge in [0, 0.05) is 18.4 Å². The van der Waals surface area contributed by atoms with Gasteiger partial charge in [-0.1, -0.05) is 12.8 Å². The van der Waals surface area contributed by atoms with Crippen LogP contribution in [0.25, 0.3) is 0 Å². The molecule has 1 N–H and O–H groups in total. The molecule has 0 aromatic carbocycles. The summed E-state index contributed by atoms with van der Waals surface area (Å²) in [6.07, 6.45) is 5.14. The number of hydrogen-bond donors (Lipinski definition) is 1. The van der Waals surface area contributed by atoms with E-state index in [1.807, 2.05) is 0 Å². The lowest BCUT2D eigenvalue weighted by molar-refractivity contribution is -0.133. The highest BCUT2D eigenvalue weighted by Gasteiger charge is 2.44. The average molecular weight is 326 g/mol. The van der Waals surface area contributed by atoms with E-state index in [9.17, 15) is 22.0 Å². The second-order valence-corrected chi connectivity index (χ2v) is 7.57. The van der Waals surface area contributed by atoms with Crippen LogP contribution in [0.5, 0.6) is 0 Å². The van der Waals surface area contributed by atoms with Crippen molar-refractivity contribution in [3.63, 3.8) is 0 Å². The summed E-state index contributed by atoms with van der Waals surface area (Å²) >= 11 is 0. The molecule has 0 aromatic rings. The Balaban J connectivity index is 1.77. The molecule has 2 saturated carbocycles. The van der Waals surface area contributed by atoms with E-state index >= 15 is 0 Å². The molecule has 0 radical (unpaired) electrons. The number of alkyl halides is 2. The maximum atomic E-state index is 12.9. The fourth-order valence-corrected chi connectivity index (χ4v) is 3.60. The second-order valence-electron chi connectivity index (χ2n) is 6.02. The van der Waals surface area contributed by atoms with Gasteiger partial charge in [0.15, 0.2) is 0 Å². The van der Waals surface area contributed by atoms with Crippen molar-refractivity contribution in [1.82, 2.24) is 0 Å². The lowest BCUT2D eigenvalue weighted by Crippen LogP contribution is -2.37. The van der Waals surface area contributed by atoms with Gasteiger partial charge in [-0.15, -0.1) is 0 Å². The summed E-state index contributed by atoms with van der Waals surface area (Å²) in [6, 6.07) is 0. The maximum Gasteiger partial charge on any atom is 0.392 e. The van der Waals surface area contributed by atoms with Crippen molar-refractivity contribution >= 4 is 15.9 Å². The van der Waals surface area contributed by atoms with Crippen LogP contribution >= 0.6 is 0 Å². The van der Waals surface area contributed by atoms with Crippen LogP contribution in [-0.2, 0) is 19.6 Å². The Bertz CT molecular complexity index is 491. The number of rotatable bonds is 6. The minimum Gasteiger partial charge on any atom is -0.374 e. The van der Waals surface area contributed by atoms with Gasteiger partial charge in [0.1, 0.15) is 12.4 Å². The molecule has 0 aromatic heterocycles. The van der Waals surface area contributed by atoms with Crippen molar-refractivity contribution in [3.05, 3.63) is 0 Å². The van der Waals surface area contributed by atoms with Crippen molar-refractivity contribution in [2.24, 2.45) is 17.8 Å². The Hall–Kier alpha value is -0.600. The van der Waals surface area contributed by atoms with Crippen LogP contribution in [-0.4, -0.2) is 37.2 Å². The van der Waals surface area contributed by atoms with E-state index in [1.54, 1.807) is 0 Å². The van der Waals surface area contributed by atoms with Crippen molar-refractivity contribution in [3.8, 4) is 0 Å². The van der Waals surface area contributed by atoms with Gasteiger partial charge in [-0.25, -0.2) is 0 Å². The summed E-state index contributed by atoms with van der Waals surface area (Å²) in [5.74, 6) is 0.650. The summed E-state index contributed by atoms with van der Waals surface area (Å²) in [5, 5.41) is -4.31. The van der Waals surface area contributed by atoms with Crippen LogP contribution in [0.3, 0.4) is 0 Å². The zero-order valence-electron chi connectivity index (χ0n) is 11.6. The molecule has 0 saturated heterocycles. The third-order valence-corrected chi connectivity index (χ3v) is 5.34. The molecule has 5 nitrogen and oxygen atoms in total. The first kappa shape index (κ1) is 16.8. The molecule has 3 unspecified atom stereocenters. The smallest absolute Gasteiger partial charge is 0.374 e. The fourth-order valence-electron chi connectivity index (χ4n) is 3.37. The zero-order chi connectivity index (χ0) is 15.7. The van der Waals surface area contributed by atoms with Gasteiger partial charge in [0.2, 0.25) is 0 Å². The van der Waals surface area contributed by atoms with Gasteiger partial charge in [0.25, 0.3) is 0 Å². The normalized spacial score (nSPS) is 30.4. The van der Waals surface area contributed by atoms with Gasteiger partial charge in [0.05, 0.1) is 0 Å². The van der Waals surface area contributed by atoms with E-state index in [-0.39, 0.29) is 24.2 Å². The predicted octanol–water partition coefficient (Wildman–Crippen LogP) is 2.27. The summed E-state index contributed by atoms with van der Waals surface area (Å²) in [7, 11) is -5.46. The lowest BCUT2D eigenvalue weighted by Gasteiger charge is -2.37. The highest BCUT2D eigenvalue weighted by Crippen LogP contribution is 2.41. The van der Waals surface area contributed by atoms with E-state index in [1.165, 1.54) is 0 Å². The second kappa shape index (κ2) is 6.26. The van der Waals surface area contributed by atoms with Gasteiger partial charge >= 0.3 is 15.4 Å². The van der Waals surface area contributed by atoms with Gasteiger partial charge < -0.3 is 4.74 Å². The number of carbonyl (C=O) groups excluding carboxylic acids is 1. The number of hydrogen-bond acceptors (Lipinski definition) is 4. The minimum atomic E-state index is -5.46. The van der Waals surface area contributed by atoms with Gasteiger partial charge in [-0.3, -0.25) is 9.35 Å². The molecule has 0 heterocycles. The first-order valence-corrected chi connectivity index (χ1v) is 8.61. The van der Waals surface area contributed by atoms with E-state index in [4.69, 9.17) is 4.55 Å². The van der Waals surface area contributed by atoms with Crippen molar-refractivity contribution < 1.29 is 31.3 Å². The summed E-state index contributed by atoms with van der Waals surface area (Å²) in [4.78, 5) is 12.1. The molecule has 2 aliphatic rings. The Morgan fingerprint density at radius 3 is 2.67 bits per heavy atom. The third-order valence-electron chi connectivity index (χ3n) is 4.46. The fraction of sp³-hybridized carbons (Fsp3) is 0.923. The van der Waals surface area contributed by atoms with Gasteiger partial charge in [-0.05, 0) is 31.6 Å². The molecule has 0 spiro atoms. The van der Waals surface area contributed by atoms with E-state index in [0.29, 0.717) is 12.3 Å². The molecular formula is C13H20F2O5S. The van der Waals surface area contributed by atoms with Crippen LogP contribution in [0.2, 0.25) is 0 Å². The molecule has 21 heavy (non-hydrogen) atoms. The largest absolute Gasteiger partial charge is 0.392 e. The Kier molecular flexibility index (Phi) is 4.99. The predicted molar refractivity (Wildman–Crippen MR) is 70.5 cm³/mol. The molecule has 0 aliphatic heterocycles. The highest BCUT2D eigenvalue weighted by molar-refractivity contribution is 7.86. The molecule has 2 aliphatic carbocycles. The van der Waals surface area contributed by atoms with Crippen LogP contribution in [0.1, 0.15) is 38.5 Å². The molecule has 0 amide bonds.